The smallest absolute Gasteiger partial charge is 0.223 e. The van der Waals surface area contributed by atoms with Crippen LogP contribution >= 0.6 is 11.6 Å². The zero-order valence-corrected chi connectivity index (χ0v) is 11.9. The summed E-state index contributed by atoms with van der Waals surface area (Å²) >= 11 is 6.04. The number of rotatable bonds is 2. The summed E-state index contributed by atoms with van der Waals surface area (Å²) < 4.78 is 0. The van der Waals surface area contributed by atoms with Crippen molar-refractivity contribution in [3.05, 3.63) is 59.9 Å². The van der Waals surface area contributed by atoms with Crippen molar-refractivity contribution in [3.8, 4) is 22.5 Å². The molecule has 0 unspecified atom stereocenters. The van der Waals surface area contributed by atoms with E-state index in [4.69, 9.17) is 23.1 Å². The van der Waals surface area contributed by atoms with Crippen LogP contribution in [0.15, 0.2) is 54.6 Å². The van der Waals surface area contributed by atoms with Crippen LogP contribution in [0, 0.1) is 0 Å². The second-order valence-corrected chi connectivity index (χ2v) is 4.99. The van der Waals surface area contributed by atoms with E-state index in [2.05, 4.69) is 9.97 Å². The lowest BCUT2D eigenvalue weighted by Gasteiger charge is -2.06. The molecule has 5 heteroatoms. The normalized spacial score (nSPS) is 10.5. The SMILES string of the molecule is Nc1ccc(-c2cc(-c3ccc(N)cc3)nc(Cl)n2)cc1. The number of halogens is 1. The van der Waals surface area contributed by atoms with Crippen LogP contribution in [0.3, 0.4) is 0 Å². The molecule has 4 nitrogen and oxygen atoms in total. The molecule has 0 fully saturated rings. The molecule has 0 atom stereocenters. The molecule has 3 aromatic rings. The van der Waals surface area contributed by atoms with Crippen molar-refractivity contribution in [1.29, 1.82) is 0 Å². The van der Waals surface area contributed by atoms with E-state index in [1.807, 2.05) is 54.6 Å². The maximum Gasteiger partial charge on any atom is 0.223 e. The van der Waals surface area contributed by atoms with Gasteiger partial charge in [0.25, 0.3) is 0 Å². The zero-order valence-electron chi connectivity index (χ0n) is 11.1. The topological polar surface area (TPSA) is 77.8 Å². The fraction of sp³-hybridized carbons (Fsp3) is 0. The molecule has 104 valence electrons. The Bertz CT molecular complexity index is 704. The number of nitrogen functional groups attached to an aromatic ring is 2. The highest BCUT2D eigenvalue weighted by molar-refractivity contribution is 6.28. The molecule has 0 radical (unpaired) electrons. The van der Waals surface area contributed by atoms with Gasteiger partial charge >= 0.3 is 0 Å². The van der Waals surface area contributed by atoms with Gasteiger partial charge < -0.3 is 11.5 Å². The van der Waals surface area contributed by atoms with Crippen molar-refractivity contribution < 1.29 is 0 Å². The Morgan fingerprint density at radius 3 is 1.43 bits per heavy atom. The first-order chi connectivity index (χ1) is 10.1. The second-order valence-electron chi connectivity index (χ2n) is 4.65. The molecule has 0 amide bonds. The lowest BCUT2D eigenvalue weighted by Crippen LogP contribution is -1.93. The summed E-state index contributed by atoms with van der Waals surface area (Å²) in [5.41, 5.74) is 16.2. The molecule has 0 aliphatic rings. The van der Waals surface area contributed by atoms with E-state index in [1.54, 1.807) is 0 Å². The summed E-state index contributed by atoms with van der Waals surface area (Å²) in [6.45, 7) is 0. The minimum Gasteiger partial charge on any atom is -0.399 e. The van der Waals surface area contributed by atoms with Crippen LogP contribution < -0.4 is 11.5 Å². The van der Waals surface area contributed by atoms with E-state index in [1.165, 1.54) is 0 Å². The van der Waals surface area contributed by atoms with Gasteiger partial charge in [-0.15, -0.1) is 0 Å². The number of hydrogen-bond acceptors (Lipinski definition) is 4. The van der Waals surface area contributed by atoms with Crippen LogP contribution in [0.1, 0.15) is 0 Å². The molecule has 0 saturated heterocycles. The highest BCUT2D eigenvalue weighted by atomic mass is 35.5. The Hall–Kier alpha value is -2.59. The highest BCUT2D eigenvalue weighted by Gasteiger charge is 2.07. The first kappa shape index (κ1) is 13.4. The van der Waals surface area contributed by atoms with Crippen LogP contribution in [0.4, 0.5) is 11.4 Å². The molecule has 21 heavy (non-hydrogen) atoms. The molecule has 4 N–H and O–H groups in total. The van der Waals surface area contributed by atoms with E-state index in [0.29, 0.717) is 11.4 Å². The summed E-state index contributed by atoms with van der Waals surface area (Å²) in [4.78, 5) is 8.53. The van der Waals surface area contributed by atoms with Gasteiger partial charge in [-0.05, 0) is 41.9 Å². The maximum atomic E-state index is 6.04. The van der Waals surface area contributed by atoms with Gasteiger partial charge in [-0.2, -0.15) is 0 Å². The van der Waals surface area contributed by atoms with Crippen LogP contribution in [-0.4, -0.2) is 9.97 Å². The third kappa shape index (κ3) is 2.95. The minimum atomic E-state index is 0.205. The summed E-state index contributed by atoms with van der Waals surface area (Å²) in [5, 5.41) is 0.205. The standard InChI is InChI=1S/C16H13ClN4/c17-16-20-14(10-1-5-12(18)6-2-10)9-15(21-16)11-3-7-13(19)8-4-11/h1-9H,18-19H2. The van der Waals surface area contributed by atoms with Crippen LogP contribution in [0.25, 0.3) is 22.5 Å². The lowest BCUT2D eigenvalue weighted by molar-refractivity contribution is 1.18. The maximum absolute atomic E-state index is 6.04. The Morgan fingerprint density at radius 2 is 1.05 bits per heavy atom. The Morgan fingerprint density at radius 1 is 0.667 bits per heavy atom. The van der Waals surface area contributed by atoms with Crippen molar-refractivity contribution in [1.82, 2.24) is 9.97 Å². The predicted octanol–water partition coefficient (Wildman–Crippen LogP) is 3.63. The third-order valence-electron chi connectivity index (χ3n) is 3.11. The molecule has 1 aromatic heterocycles. The van der Waals surface area contributed by atoms with E-state index in [9.17, 15) is 0 Å². The Balaban J connectivity index is 2.07. The highest BCUT2D eigenvalue weighted by Crippen LogP contribution is 2.26. The predicted molar refractivity (Wildman–Crippen MR) is 86.7 cm³/mol. The quantitative estimate of drug-likeness (QED) is 0.559. The zero-order chi connectivity index (χ0) is 14.8. The largest absolute Gasteiger partial charge is 0.399 e. The first-order valence-corrected chi connectivity index (χ1v) is 6.76. The van der Waals surface area contributed by atoms with Gasteiger partial charge in [0.2, 0.25) is 5.28 Å². The second kappa shape index (κ2) is 5.42. The van der Waals surface area contributed by atoms with Gasteiger partial charge in [-0.1, -0.05) is 24.3 Å². The van der Waals surface area contributed by atoms with Gasteiger partial charge in [0.1, 0.15) is 0 Å². The van der Waals surface area contributed by atoms with E-state index >= 15 is 0 Å². The molecule has 3 rings (SSSR count). The Kier molecular flexibility index (Phi) is 3.46. The number of nitrogens with zero attached hydrogens (tertiary/aromatic N) is 2. The van der Waals surface area contributed by atoms with Crippen molar-refractivity contribution in [2.24, 2.45) is 0 Å². The summed E-state index contributed by atoms with van der Waals surface area (Å²) in [7, 11) is 0. The molecule has 0 bridgehead atoms. The van der Waals surface area contributed by atoms with Gasteiger partial charge in [-0.3, -0.25) is 0 Å². The molecule has 0 saturated carbocycles. The van der Waals surface area contributed by atoms with Gasteiger partial charge in [0.15, 0.2) is 0 Å². The average Bonchev–Trinajstić information content (AvgIpc) is 2.48. The van der Waals surface area contributed by atoms with Gasteiger partial charge in [-0.25, -0.2) is 9.97 Å². The fourth-order valence-corrected chi connectivity index (χ4v) is 2.20. The summed E-state index contributed by atoms with van der Waals surface area (Å²) in [6.07, 6.45) is 0. The van der Waals surface area contributed by atoms with Crippen LogP contribution in [-0.2, 0) is 0 Å². The van der Waals surface area contributed by atoms with E-state index in [0.717, 1.165) is 22.5 Å². The molecular formula is C16H13ClN4. The van der Waals surface area contributed by atoms with E-state index in [-0.39, 0.29) is 5.28 Å². The van der Waals surface area contributed by atoms with Gasteiger partial charge in [0, 0.05) is 22.5 Å². The third-order valence-corrected chi connectivity index (χ3v) is 3.28. The summed E-state index contributed by atoms with van der Waals surface area (Å²) in [6, 6.07) is 16.8. The lowest BCUT2D eigenvalue weighted by atomic mass is 10.1. The molecule has 2 aromatic carbocycles. The van der Waals surface area contributed by atoms with E-state index < -0.39 is 0 Å². The number of benzene rings is 2. The summed E-state index contributed by atoms with van der Waals surface area (Å²) in [5.74, 6) is 0. The fourth-order valence-electron chi connectivity index (χ4n) is 2.02. The minimum absolute atomic E-state index is 0.205. The number of hydrogen-bond donors (Lipinski definition) is 2. The van der Waals surface area contributed by atoms with Crippen LogP contribution in [0.2, 0.25) is 5.28 Å². The van der Waals surface area contributed by atoms with Crippen LogP contribution in [0.5, 0.6) is 0 Å². The molecule has 0 spiro atoms. The molecule has 0 aliphatic heterocycles. The molecule has 1 heterocycles. The molecular weight excluding hydrogens is 284 g/mol. The molecule has 0 aliphatic carbocycles. The number of anilines is 2. The van der Waals surface area contributed by atoms with Crippen molar-refractivity contribution in [2.45, 2.75) is 0 Å². The average molecular weight is 297 g/mol. The Labute approximate surface area is 127 Å². The first-order valence-electron chi connectivity index (χ1n) is 6.38. The number of aromatic nitrogens is 2. The van der Waals surface area contributed by atoms with Crippen molar-refractivity contribution >= 4 is 23.0 Å². The van der Waals surface area contributed by atoms with Crippen molar-refractivity contribution in [2.75, 3.05) is 11.5 Å². The monoisotopic (exact) mass is 296 g/mol. The van der Waals surface area contributed by atoms with Crippen molar-refractivity contribution in [3.63, 3.8) is 0 Å². The van der Waals surface area contributed by atoms with Gasteiger partial charge in [0.05, 0.1) is 11.4 Å². The number of nitrogens with two attached hydrogens (primary N) is 2.